The van der Waals surface area contributed by atoms with E-state index in [9.17, 15) is 4.79 Å². The minimum Gasteiger partial charge on any atom is -0.488 e. The lowest BCUT2D eigenvalue weighted by Gasteiger charge is -2.12. The smallest absolute Gasteiger partial charge is 0.293 e. The first-order valence-corrected chi connectivity index (χ1v) is 8.47. The minimum atomic E-state index is -0.153. The fraction of sp³-hybridized carbons (Fsp3) is 0.222. The highest BCUT2D eigenvalue weighted by Crippen LogP contribution is 2.26. The van der Waals surface area contributed by atoms with Crippen LogP contribution < -0.4 is 21.3 Å². The van der Waals surface area contributed by atoms with E-state index in [1.54, 1.807) is 30.8 Å². The van der Waals surface area contributed by atoms with E-state index in [0.29, 0.717) is 29.0 Å². The number of nitrogens with two attached hydrogens (primary N) is 1. The van der Waals surface area contributed by atoms with E-state index >= 15 is 0 Å². The number of hydrogen-bond donors (Lipinski definition) is 2. The van der Waals surface area contributed by atoms with Crippen molar-refractivity contribution in [1.82, 2.24) is 14.5 Å². The summed E-state index contributed by atoms with van der Waals surface area (Å²) in [7, 11) is 1.73. The average Bonchev–Trinajstić information content (AvgIpc) is 2.63. The van der Waals surface area contributed by atoms with Crippen molar-refractivity contribution in [1.29, 1.82) is 0 Å². The Morgan fingerprint density at radius 3 is 2.74 bits per heavy atom. The van der Waals surface area contributed by atoms with Gasteiger partial charge in [-0.25, -0.2) is 9.97 Å². The van der Waals surface area contributed by atoms with Crippen molar-refractivity contribution in [2.75, 3.05) is 11.9 Å². The number of nitrogens with one attached hydrogen (secondary N) is 1. The summed E-state index contributed by atoms with van der Waals surface area (Å²) in [6.45, 7) is 4.08. The summed E-state index contributed by atoms with van der Waals surface area (Å²) < 4.78 is 7.00. The number of benzene rings is 1. The maximum atomic E-state index is 12.2. The average molecular weight is 390 g/mol. The Morgan fingerprint density at radius 1 is 1.37 bits per heavy atom. The van der Waals surface area contributed by atoms with Crippen molar-refractivity contribution in [2.24, 2.45) is 12.8 Å². The number of fused-ring (bicyclic) bond motifs is 1. The molecule has 0 saturated heterocycles. The number of nitrogens with zero attached hydrogens (tertiary/aromatic N) is 3. The van der Waals surface area contributed by atoms with Gasteiger partial charge in [-0.3, -0.25) is 9.59 Å². The van der Waals surface area contributed by atoms with Crippen LogP contribution >= 0.6 is 11.6 Å². The summed E-state index contributed by atoms with van der Waals surface area (Å²) in [5.74, 6) is 1.50. The summed E-state index contributed by atoms with van der Waals surface area (Å²) in [6.07, 6.45) is 1.81. The number of pyridine rings is 1. The molecule has 0 aliphatic rings. The van der Waals surface area contributed by atoms with Crippen molar-refractivity contribution in [3.8, 4) is 5.75 Å². The molecule has 0 atom stereocenters. The van der Waals surface area contributed by atoms with E-state index < -0.39 is 0 Å². The normalized spacial score (nSPS) is 10.1. The number of rotatable bonds is 4. The molecule has 0 radical (unpaired) electrons. The van der Waals surface area contributed by atoms with Gasteiger partial charge in [-0.05, 0) is 38.1 Å². The molecule has 0 bridgehead atoms. The molecule has 3 N–H and O–H groups in total. The van der Waals surface area contributed by atoms with E-state index in [0.717, 1.165) is 16.6 Å². The lowest BCUT2D eigenvalue weighted by atomic mass is 10.2. The molecule has 3 rings (SSSR count). The molecule has 2 heterocycles. The van der Waals surface area contributed by atoms with E-state index in [2.05, 4.69) is 21.0 Å². The molecule has 1 amide bonds. The third kappa shape index (κ3) is 4.73. The van der Waals surface area contributed by atoms with Crippen molar-refractivity contribution >= 4 is 40.4 Å². The van der Waals surface area contributed by atoms with Crippen LogP contribution in [0.3, 0.4) is 0 Å². The zero-order valence-corrected chi connectivity index (χ0v) is 15.9. The van der Waals surface area contributed by atoms with Gasteiger partial charge >= 0.3 is 0 Å². The fourth-order valence-corrected chi connectivity index (χ4v) is 2.61. The van der Waals surface area contributed by atoms with Crippen LogP contribution in [-0.4, -0.2) is 27.6 Å². The van der Waals surface area contributed by atoms with Crippen LogP contribution in [-0.2, 0) is 11.8 Å². The molecular formula is C18H20ClN5O3. The highest BCUT2D eigenvalue weighted by Gasteiger charge is 2.09. The maximum Gasteiger partial charge on any atom is 0.293 e. The second-order valence-electron chi connectivity index (χ2n) is 5.45. The quantitative estimate of drug-likeness (QED) is 0.663. The summed E-state index contributed by atoms with van der Waals surface area (Å²) in [4.78, 5) is 29.1. The molecule has 0 saturated carbocycles. The lowest BCUT2D eigenvalue weighted by Crippen LogP contribution is -2.19. The molecule has 0 unspecified atom stereocenters. The van der Waals surface area contributed by atoms with Crippen LogP contribution in [0, 0.1) is 6.92 Å². The van der Waals surface area contributed by atoms with Crippen molar-refractivity contribution in [3.63, 3.8) is 0 Å². The van der Waals surface area contributed by atoms with Gasteiger partial charge in [0.25, 0.3) is 5.56 Å². The first-order valence-electron chi connectivity index (χ1n) is 8.09. The Balaban J connectivity index is 0.000000817. The number of hydrogen-bond acceptors (Lipinski definition) is 6. The molecule has 0 fully saturated rings. The van der Waals surface area contributed by atoms with Crippen molar-refractivity contribution in [3.05, 3.63) is 51.7 Å². The van der Waals surface area contributed by atoms with Gasteiger partial charge in [0.05, 0.1) is 18.3 Å². The van der Waals surface area contributed by atoms with Crippen LogP contribution in [0.4, 0.5) is 11.5 Å². The van der Waals surface area contributed by atoms with E-state index in [1.807, 2.05) is 25.1 Å². The number of aromatic nitrogens is 3. The summed E-state index contributed by atoms with van der Waals surface area (Å²) in [5.41, 5.74) is 5.64. The first-order chi connectivity index (χ1) is 12.9. The number of carbonyl (C=O) groups is 1. The predicted molar refractivity (Wildman–Crippen MR) is 106 cm³/mol. The van der Waals surface area contributed by atoms with E-state index in [1.165, 1.54) is 0 Å². The Morgan fingerprint density at radius 2 is 2.07 bits per heavy atom. The molecular weight excluding hydrogens is 370 g/mol. The molecule has 0 aliphatic carbocycles. The monoisotopic (exact) mass is 389 g/mol. The standard InChI is InChI=1S/C17H17ClN4O2.CH3NO/c1-4-24-15-8-11-7-12(5-6-14(11)22(3)17(15)23)21-16-13(18)9-19-10(2)20-16;2-1-3/h5-9H,4H2,1-3H3,(H,19,20,21);1H,(H2,2,3). The number of primary amides is 1. The first kappa shape index (κ1) is 20.2. The molecule has 8 nitrogen and oxygen atoms in total. The summed E-state index contributed by atoms with van der Waals surface area (Å²) in [6, 6.07) is 7.41. The van der Waals surface area contributed by atoms with Gasteiger partial charge in [-0.2, -0.15) is 0 Å². The third-order valence-corrected chi connectivity index (χ3v) is 3.89. The molecule has 142 valence electrons. The van der Waals surface area contributed by atoms with Gasteiger partial charge in [0.2, 0.25) is 6.41 Å². The summed E-state index contributed by atoms with van der Waals surface area (Å²) >= 11 is 6.12. The van der Waals surface area contributed by atoms with Crippen LogP contribution in [0.2, 0.25) is 5.02 Å². The van der Waals surface area contributed by atoms with E-state index in [4.69, 9.17) is 21.1 Å². The second-order valence-corrected chi connectivity index (χ2v) is 5.86. The van der Waals surface area contributed by atoms with Gasteiger partial charge in [0.1, 0.15) is 10.8 Å². The topological polar surface area (TPSA) is 112 Å². The van der Waals surface area contributed by atoms with Crippen molar-refractivity contribution in [2.45, 2.75) is 13.8 Å². The van der Waals surface area contributed by atoms with Crippen LogP contribution in [0.25, 0.3) is 10.9 Å². The molecule has 0 spiro atoms. The molecule has 0 aliphatic heterocycles. The van der Waals surface area contributed by atoms with Crippen molar-refractivity contribution < 1.29 is 9.53 Å². The lowest BCUT2D eigenvalue weighted by molar-refractivity contribution is -0.106. The molecule has 1 aromatic carbocycles. The zero-order valence-electron chi connectivity index (χ0n) is 15.2. The second kappa shape index (κ2) is 9.00. The van der Waals surface area contributed by atoms with Crippen LogP contribution in [0.1, 0.15) is 12.7 Å². The number of halogens is 1. The summed E-state index contributed by atoms with van der Waals surface area (Å²) in [5, 5.41) is 4.50. The van der Waals surface area contributed by atoms with Crippen LogP contribution in [0.15, 0.2) is 35.3 Å². The molecule has 2 aromatic heterocycles. The predicted octanol–water partition coefficient (Wildman–Crippen LogP) is 2.53. The van der Waals surface area contributed by atoms with Gasteiger partial charge in [-0.15, -0.1) is 0 Å². The van der Waals surface area contributed by atoms with Gasteiger partial charge in [0.15, 0.2) is 11.6 Å². The number of amides is 1. The Kier molecular flexibility index (Phi) is 6.73. The zero-order chi connectivity index (χ0) is 20.0. The van der Waals surface area contributed by atoms with Gasteiger partial charge in [-0.1, -0.05) is 11.6 Å². The van der Waals surface area contributed by atoms with Gasteiger partial charge in [0, 0.05) is 18.1 Å². The van der Waals surface area contributed by atoms with Gasteiger partial charge < -0.3 is 20.4 Å². The Labute approximate surface area is 160 Å². The third-order valence-electron chi connectivity index (χ3n) is 3.62. The number of anilines is 2. The number of aryl methyl sites for hydroxylation is 2. The van der Waals surface area contributed by atoms with E-state index in [-0.39, 0.29) is 12.0 Å². The maximum absolute atomic E-state index is 12.2. The highest BCUT2D eigenvalue weighted by atomic mass is 35.5. The van der Waals surface area contributed by atoms with Crippen LogP contribution in [0.5, 0.6) is 5.75 Å². The molecule has 27 heavy (non-hydrogen) atoms. The fourth-order valence-electron chi connectivity index (χ4n) is 2.47. The Bertz CT molecular complexity index is 1020. The SMILES string of the molecule is CCOc1cc2cc(Nc3nc(C)ncc3Cl)ccc2n(C)c1=O.NC=O. The Hall–Kier alpha value is -3.13. The molecule has 9 heteroatoms. The minimum absolute atomic E-state index is 0.153. The highest BCUT2D eigenvalue weighted by molar-refractivity contribution is 6.32. The molecule has 3 aromatic rings. The largest absolute Gasteiger partial charge is 0.488 e. The number of carbonyl (C=O) groups excluding carboxylic acids is 1. The number of ether oxygens (including phenoxy) is 1.